The number of aromatic nitrogens is 2. The predicted molar refractivity (Wildman–Crippen MR) is 90.6 cm³/mol. The van der Waals surface area contributed by atoms with Gasteiger partial charge in [-0.1, -0.05) is 29.8 Å². The first kappa shape index (κ1) is 14.9. The van der Waals surface area contributed by atoms with Crippen LogP contribution in [0.2, 0.25) is 5.15 Å². The van der Waals surface area contributed by atoms with E-state index in [0.717, 1.165) is 16.5 Å². The molecule has 0 fully saturated rings. The molecule has 0 aliphatic rings. The number of benzene rings is 1. The number of carbonyl (C=O) groups excluding carboxylic acids is 1. The summed E-state index contributed by atoms with van der Waals surface area (Å²) in [6.45, 7) is 0.423. The zero-order valence-corrected chi connectivity index (χ0v) is 13.5. The molecule has 0 aliphatic carbocycles. The molecule has 0 atom stereocenters. The predicted octanol–water partition coefficient (Wildman–Crippen LogP) is 3.45. The van der Waals surface area contributed by atoms with Crippen molar-refractivity contribution < 1.29 is 4.79 Å². The number of nitrogens with one attached hydrogen (secondary N) is 1. The molecule has 3 aromatic rings. The summed E-state index contributed by atoms with van der Waals surface area (Å²) in [5, 5.41) is 4.39. The van der Waals surface area contributed by atoms with Crippen LogP contribution < -0.4 is 5.32 Å². The number of nitrogens with zero attached hydrogens (tertiary/aromatic N) is 2. The minimum atomic E-state index is -0.189. The topological polar surface area (TPSA) is 46.9 Å². The number of fused-ring (bicyclic) bond motifs is 1. The number of hydrogen-bond acceptors (Lipinski definition) is 3. The Bertz CT molecular complexity index is 854. The van der Waals surface area contributed by atoms with Crippen molar-refractivity contribution in [3.63, 3.8) is 0 Å². The van der Waals surface area contributed by atoms with Gasteiger partial charge in [0.2, 0.25) is 0 Å². The van der Waals surface area contributed by atoms with Crippen molar-refractivity contribution in [1.82, 2.24) is 14.9 Å². The Labute approximate surface area is 138 Å². The monoisotopic (exact) mass is 331 g/mol. The van der Waals surface area contributed by atoms with Crippen LogP contribution in [-0.2, 0) is 13.6 Å². The van der Waals surface area contributed by atoms with Gasteiger partial charge in [-0.25, -0.2) is 0 Å². The third kappa shape index (κ3) is 2.69. The smallest absolute Gasteiger partial charge is 0.268 e. The Morgan fingerprint density at radius 2 is 2.18 bits per heavy atom. The molecule has 0 radical (unpaired) electrons. The fourth-order valence-electron chi connectivity index (χ4n) is 2.37. The van der Waals surface area contributed by atoms with Crippen molar-refractivity contribution >= 4 is 41.0 Å². The van der Waals surface area contributed by atoms with E-state index in [1.165, 1.54) is 0 Å². The molecule has 0 aliphatic heterocycles. The number of amides is 1. The minimum absolute atomic E-state index is 0.189. The van der Waals surface area contributed by atoms with Gasteiger partial charge in [0.25, 0.3) is 5.91 Å². The lowest BCUT2D eigenvalue weighted by Gasteiger charge is -2.09. The van der Waals surface area contributed by atoms with Gasteiger partial charge >= 0.3 is 0 Å². The largest absolute Gasteiger partial charge is 0.347 e. The lowest BCUT2D eigenvalue weighted by molar-refractivity contribution is 0.0943. The Hall–Kier alpha value is -1.98. The number of halogens is 1. The highest BCUT2D eigenvalue weighted by Crippen LogP contribution is 2.23. The maximum absolute atomic E-state index is 12.3. The number of thiol groups is 1. The zero-order valence-electron chi connectivity index (χ0n) is 11.9. The summed E-state index contributed by atoms with van der Waals surface area (Å²) in [4.78, 5) is 17.2. The Morgan fingerprint density at radius 3 is 2.91 bits per heavy atom. The van der Waals surface area contributed by atoms with Crippen LogP contribution in [0.1, 0.15) is 16.1 Å². The summed E-state index contributed by atoms with van der Waals surface area (Å²) in [6, 6.07) is 11.4. The van der Waals surface area contributed by atoms with Gasteiger partial charge in [-0.15, -0.1) is 12.6 Å². The van der Waals surface area contributed by atoms with Crippen LogP contribution in [0.15, 0.2) is 47.5 Å². The van der Waals surface area contributed by atoms with Gasteiger partial charge in [0.15, 0.2) is 0 Å². The molecule has 1 N–H and O–H groups in total. The van der Waals surface area contributed by atoms with Crippen molar-refractivity contribution in [1.29, 1.82) is 0 Å². The second kappa shape index (κ2) is 6.02. The molecule has 112 valence electrons. The van der Waals surface area contributed by atoms with Gasteiger partial charge in [0.05, 0.1) is 5.52 Å². The van der Waals surface area contributed by atoms with Crippen molar-refractivity contribution in [3.05, 3.63) is 59.0 Å². The summed E-state index contributed by atoms with van der Waals surface area (Å²) in [7, 11) is 1.73. The molecule has 1 aromatic carbocycles. The van der Waals surface area contributed by atoms with Crippen molar-refractivity contribution in [2.75, 3.05) is 0 Å². The van der Waals surface area contributed by atoms with Crippen LogP contribution in [0.25, 0.3) is 10.9 Å². The Kier molecular flexibility index (Phi) is 4.09. The highest BCUT2D eigenvalue weighted by atomic mass is 35.5. The fraction of sp³-hybridized carbons (Fsp3) is 0.125. The van der Waals surface area contributed by atoms with Crippen LogP contribution in [-0.4, -0.2) is 15.5 Å². The minimum Gasteiger partial charge on any atom is -0.347 e. The average molecular weight is 332 g/mol. The number of carbonyl (C=O) groups is 1. The van der Waals surface area contributed by atoms with Crippen LogP contribution in [0.5, 0.6) is 0 Å². The molecule has 6 heteroatoms. The summed E-state index contributed by atoms with van der Waals surface area (Å²) in [6.07, 6.45) is 1.75. The highest BCUT2D eigenvalue weighted by molar-refractivity contribution is 7.80. The first-order valence-electron chi connectivity index (χ1n) is 6.73. The molecular formula is C16H14ClN3OS. The van der Waals surface area contributed by atoms with E-state index in [1.807, 2.05) is 30.3 Å². The Balaban J connectivity index is 1.82. The molecule has 2 aromatic heterocycles. The summed E-state index contributed by atoms with van der Waals surface area (Å²) < 4.78 is 1.61. The lowest BCUT2D eigenvalue weighted by atomic mass is 10.1. The van der Waals surface area contributed by atoms with E-state index in [2.05, 4.69) is 22.9 Å². The van der Waals surface area contributed by atoms with Crippen LogP contribution in [0, 0.1) is 0 Å². The normalized spacial score (nSPS) is 10.9. The number of rotatable bonds is 3. The quantitative estimate of drug-likeness (QED) is 0.722. The maximum atomic E-state index is 12.3. The SMILES string of the molecule is Cn1c(C(=O)NCc2cccc3ncccc23)cc(S)c1Cl. The van der Waals surface area contributed by atoms with Crippen molar-refractivity contribution in [3.8, 4) is 0 Å². The zero-order chi connectivity index (χ0) is 15.7. The first-order valence-corrected chi connectivity index (χ1v) is 7.55. The van der Waals surface area contributed by atoms with Gasteiger partial charge in [-0.2, -0.15) is 0 Å². The third-order valence-corrected chi connectivity index (χ3v) is 4.48. The van der Waals surface area contributed by atoms with Gasteiger partial charge in [0, 0.05) is 30.1 Å². The molecule has 1 amide bonds. The highest BCUT2D eigenvalue weighted by Gasteiger charge is 2.15. The summed E-state index contributed by atoms with van der Waals surface area (Å²) in [5.74, 6) is -0.189. The van der Waals surface area contributed by atoms with Crippen LogP contribution >= 0.6 is 24.2 Å². The lowest BCUT2D eigenvalue weighted by Crippen LogP contribution is -2.25. The van der Waals surface area contributed by atoms with Gasteiger partial charge < -0.3 is 9.88 Å². The van der Waals surface area contributed by atoms with E-state index in [9.17, 15) is 4.79 Å². The first-order chi connectivity index (χ1) is 10.6. The van der Waals surface area contributed by atoms with E-state index in [0.29, 0.717) is 22.3 Å². The fourth-order valence-corrected chi connectivity index (χ4v) is 2.79. The molecule has 3 rings (SSSR count). The molecule has 0 unspecified atom stereocenters. The number of hydrogen-bond donors (Lipinski definition) is 2. The molecular weight excluding hydrogens is 318 g/mol. The van der Waals surface area contributed by atoms with E-state index in [-0.39, 0.29) is 5.91 Å². The summed E-state index contributed by atoms with van der Waals surface area (Å²) >= 11 is 10.3. The summed E-state index contributed by atoms with van der Waals surface area (Å²) in [5.41, 5.74) is 2.41. The third-order valence-electron chi connectivity index (χ3n) is 3.55. The number of pyridine rings is 1. The van der Waals surface area contributed by atoms with Gasteiger partial charge in [0.1, 0.15) is 10.8 Å². The second-order valence-corrected chi connectivity index (χ2v) is 5.77. The van der Waals surface area contributed by atoms with Gasteiger partial charge in [-0.05, 0) is 23.8 Å². The molecule has 0 bridgehead atoms. The second-order valence-electron chi connectivity index (χ2n) is 4.93. The van der Waals surface area contributed by atoms with Crippen LogP contribution in [0.4, 0.5) is 0 Å². The van der Waals surface area contributed by atoms with Crippen LogP contribution in [0.3, 0.4) is 0 Å². The molecule has 0 saturated carbocycles. The van der Waals surface area contributed by atoms with E-state index < -0.39 is 0 Å². The standard InChI is InChI=1S/C16H14ClN3OS/c1-20-13(8-14(22)15(20)17)16(21)19-9-10-4-2-6-12-11(10)5-3-7-18-12/h2-8,22H,9H2,1H3,(H,19,21). The van der Waals surface area contributed by atoms with Gasteiger partial charge in [-0.3, -0.25) is 9.78 Å². The van der Waals surface area contributed by atoms with Crippen molar-refractivity contribution in [2.24, 2.45) is 7.05 Å². The van der Waals surface area contributed by atoms with E-state index >= 15 is 0 Å². The molecule has 2 heterocycles. The van der Waals surface area contributed by atoms with Crippen molar-refractivity contribution in [2.45, 2.75) is 11.4 Å². The Morgan fingerprint density at radius 1 is 1.36 bits per heavy atom. The molecule has 4 nitrogen and oxygen atoms in total. The molecule has 0 spiro atoms. The molecule has 0 saturated heterocycles. The average Bonchev–Trinajstić information content (AvgIpc) is 2.80. The van der Waals surface area contributed by atoms with E-state index in [1.54, 1.807) is 23.9 Å². The maximum Gasteiger partial charge on any atom is 0.268 e. The molecule has 22 heavy (non-hydrogen) atoms. The van der Waals surface area contributed by atoms with E-state index in [4.69, 9.17) is 11.6 Å².